The van der Waals surface area contributed by atoms with Crippen molar-refractivity contribution in [1.82, 2.24) is 10.2 Å². The van der Waals surface area contributed by atoms with Crippen LogP contribution >= 0.6 is 0 Å². The summed E-state index contributed by atoms with van der Waals surface area (Å²) in [6.45, 7) is 0.0176. The lowest BCUT2D eigenvalue weighted by Gasteiger charge is -2.13. The number of nitrogens with zero attached hydrogens (tertiary/aromatic N) is 3. The fraction of sp³-hybridized carbons (Fsp3) is 0.231. The summed E-state index contributed by atoms with van der Waals surface area (Å²) in [6.07, 6.45) is 1.56. The van der Waals surface area contributed by atoms with Gasteiger partial charge in [0.25, 0.3) is 0 Å². The van der Waals surface area contributed by atoms with Gasteiger partial charge in [-0.15, -0.1) is 5.10 Å². The molecule has 0 saturated carbocycles. The molecule has 7 heteroatoms. The van der Waals surface area contributed by atoms with Gasteiger partial charge in [0.2, 0.25) is 11.9 Å². The van der Waals surface area contributed by atoms with Crippen LogP contribution in [-0.4, -0.2) is 49.1 Å². The molecule has 1 aromatic carbocycles. The highest BCUT2D eigenvalue weighted by atomic mass is 16.5. The average molecular weight is 274 g/mol. The van der Waals surface area contributed by atoms with E-state index in [1.54, 1.807) is 6.21 Å². The normalized spacial score (nSPS) is 16.8. The lowest BCUT2D eigenvalue weighted by molar-refractivity contribution is -0.140. The van der Waals surface area contributed by atoms with Gasteiger partial charge in [-0.25, -0.2) is 0 Å². The molecule has 1 aliphatic rings. The van der Waals surface area contributed by atoms with E-state index in [4.69, 9.17) is 0 Å². The van der Waals surface area contributed by atoms with E-state index in [0.717, 1.165) is 5.56 Å². The molecule has 1 aliphatic heterocycles. The van der Waals surface area contributed by atoms with Crippen molar-refractivity contribution in [3.63, 3.8) is 0 Å². The van der Waals surface area contributed by atoms with Gasteiger partial charge in [-0.3, -0.25) is 14.9 Å². The minimum absolute atomic E-state index is 0.0467. The van der Waals surface area contributed by atoms with Gasteiger partial charge in [0.1, 0.15) is 13.1 Å². The maximum absolute atomic E-state index is 11.3. The van der Waals surface area contributed by atoms with E-state index in [0.29, 0.717) is 0 Å². The van der Waals surface area contributed by atoms with Crippen molar-refractivity contribution in [2.75, 3.05) is 20.2 Å². The molecule has 1 amide bonds. The van der Waals surface area contributed by atoms with Crippen LogP contribution in [0.3, 0.4) is 0 Å². The molecule has 0 unspecified atom stereocenters. The number of rotatable bonds is 4. The lowest BCUT2D eigenvalue weighted by Crippen LogP contribution is -2.34. The van der Waals surface area contributed by atoms with Crippen molar-refractivity contribution in [3.8, 4) is 0 Å². The number of hydrogen-bond donors (Lipinski definition) is 1. The largest absolute Gasteiger partial charge is 0.468 e. The van der Waals surface area contributed by atoms with E-state index in [2.05, 4.69) is 20.3 Å². The minimum Gasteiger partial charge on any atom is -0.468 e. The van der Waals surface area contributed by atoms with E-state index < -0.39 is 5.97 Å². The molecule has 1 saturated heterocycles. The molecular formula is C13H14N4O3. The van der Waals surface area contributed by atoms with Crippen LogP contribution in [0.25, 0.3) is 0 Å². The first kappa shape index (κ1) is 13.7. The maximum atomic E-state index is 11.3. The van der Waals surface area contributed by atoms with Crippen molar-refractivity contribution in [2.45, 2.75) is 0 Å². The van der Waals surface area contributed by atoms with Gasteiger partial charge in [0.05, 0.1) is 13.3 Å². The summed E-state index contributed by atoms with van der Waals surface area (Å²) in [6, 6.07) is 9.43. The molecule has 104 valence electrons. The van der Waals surface area contributed by atoms with Crippen LogP contribution in [0, 0.1) is 0 Å². The van der Waals surface area contributed by atoms with Gasteiger partial charge in [0, 0.05) is 0 Å². The minimum atomic E-state index is -0.443. The molecule has 2 rings (SSSR count). The average Bonchev–Trinajstić information content (AvgIpc) is 2.80. The molecule has 1 fully saturated rings. The number of benzene rings is 1. The Bertz CT molecular complexity index is 554. The summed E-state index contributed by atoms with van der Waals surface area (Å²) in [4.78, 5) is 24.0. The van der Waals surface area contributed by atoms with Crippen LogP contribution in [0.15, 0.2) is 40.5 Å². The van der Waals surface area contributed by atoms with Crippen molar-refractivity contribution in [2.24, 2.45) is 10.2 Å². The second kappa shape index (κ2) is 6.46. The van der Waals surface area contributed by atoms with Crippen LogP contribution in [0.1, 0.15) is 5.56 Å². The molecule has 0 aliphatic carbocycles. The third-order valence-electron chi connectivity index (χ3n) is 2.59. The van der Waals surface area contributed by atoms with Gasteiger partial charge in [0.15, 0.2) is 0 Å². The highest BCUT2D eigenvalue weighted by Gasteiger charge is 2.27. The first-order chi connectivity index (χ1) is 9.69. The Morgan fingerprint density at radius 2 is 2.20 bits per heavy atom. The number of guanidine groups is 1. The molecule has 0 spiro atoms. The molecule has 1 aromatic rings. The number of ether oxygens (including phenoxy) is 1. The highest BCUT2D eigenvalue weighted by Crippen LogP contribution is 2.00. The zero-order valence-corrected chi connectivity index (χ0v) is 10.9. The number of hydrogen-bond acceptors (Lipinski definition) is 5. The molecule has 0 aromatic heterocycles. The van der Waals surface area contributed by atoms with Crippen LogP contribution in [0.2, 0.25) is 0 Å². The summed E-state index contributed by atoms with van der Waals surface area (Å²) in [5.74, 6) is -0.434. The highest BCUT2D eigenvalue weighted by molar-refractivity contribution is 6.05. The van der Waals surface area contributed by atoms with Crippen LogP contribution < -0.4 is 5.32 Å². The molecule has 20 heavy (non-hydrogen) atoms. The molecular weight excluding hydrogens is 260 g/mol. The molecule has 0 atom stereocenters. The van der Waals surface area contributed by atoms with E-state index >= 15 is 0 Å². The number of carbonyl (C=O) groups is 2. The van der Waals surface area contributed by atoms with Crippen LogP contribution in [0.4, 0.5) is 0 Å². The number of methoxy groups -OCH3 is 1. The molecule has 7 nitrogen and oxygen atoms in total. The molecule has 1 N–H and O–H groups in total. The standard InChI is InChI=1S/C13H14N4O3/c1-20-12(19)9-17-8-11(18)15-13(17)16-14-7-10-5-3-2-4-6-10/h2-7H,8-9H2,1H3,(H,15,16,18). The van der Waals surface area contributed by atoms with Crippen molar-refractivity contribution in [1.29, 1.82) is 0 Å². The van der Waals surface area contributed by atoms with Crippen LogP contribution in [-0.2, 0) is 14.3 Å². The van der Waals surface area contributed by atoms with E-state index in [1.165, 1.54) is 12.0 Å². The zero-order valence-electron chi connectivity index (χ0n) is 10.9. The lowest BCUT2D eigenvalue weighted by atomic mass is 10.2. The SMILES string of the molecule is COC(=O)CN1CC(=O)NC1=NN=Cc1ccccc1. The second-order valence-corrected chi connectivity index (χ2v) is 4.06. The Morgan fingerprint density at radius 1 is 1.45 bits per heavy atom. The van der Waals surface area contributed by atoms with E-state index in [-0.39, 0.29) is 25.0 Å². The van der Waals surface area contributed by atoms with Gasteiger partial charge in [-0.2, -0.15) is 5.10 Å². The smallest absolute Gasteiger partial charge is 0.325 e. The summed E-state index contributed by atoms with van der Waals surface area (Å²) < 4.78 is 4.56. The van der Waals surface area contributed by atoms with Crippen molar-refractivity contribution in [3.05, 3.63) is 35.9 Å². The number of nitrogens with one attached hydrogen (secondary N) is 1. The molecule has 0 bridgehead atoms. The number of amides is 1. The van der Waals surface area contributed by atoms with Crippen molar-refractivity contribution >= 4 is 24.1 Å². The number of carbonyl (C=O) groups excluding carboxylic acids is 2. The second-order valence-electron chi connectivity index (χ2n) is 4.06. The quantitative estimate of drug-likeness (QED) is 0.475. The van der Waals surface area contributed by atoms with E-state index in [9.17, 15) is 9.59 Å². The van der Waals surface area contributed by atoms with E-state index in [1.807, 2.05) is 30.3 Å². The predicted molar refractivity (Wildman–Crippen MR) is 73.2 cm³/mol. The summed E-state index contributed by atoms with van der Waals surface area (Å²) in [5, 5.41) is 10.3. The summed E-state index contributed by atoms with van der Waals surface area (Å²) >= 11 is 0. The monoisotopic (exact) mass is 274 g/mol. The Morgan fingerprint density at radius 3 is 2.90 bits per heavy atom. The zero-order chi connectivity index (χ0) is 14.4. The fourth-order valence-corrected chi connectivity index (χ4v) is 1.62. The first-order valence-corrected chi connectivity index (χ1v) is 5.96. The summed E-state index contributed by atoms with van der Waals surface area (Å²) in [7, 11) is 1.29. The Labute approximate surface area is 115 Å². The summed E-state index contributed by atoms with van der Waals surface area (Å²) in [5.41, 5.74) is 0.890. The van der Waals surface area contributed by atoms with Gasteiger partial charge < -0.3 is 9.64 Å². The Balaban J connectivity index is 2.05. The maximum Gasteiger partial charge on any atom is 0.325 e. The van der Waals surface area contributed by atoms with Gasteiger partial charge >= 0.3 is 5.97 Å². The third kappa shape index (κ3) is 3.64. The van der Waals surface area contributed by atoms with Crippen LogP contribution in [0.5, 0.6) is 0 Å². The number of esters is 1. The third-order valence-corrected chi connectivity index (χ3v) is 2.59. The molecule has 0 radical (unpaired) electrons. The van der Waals surface area contributed by atoms with Crippen molar-refractivity contribution < 1.29 is 14.3 Å². The first-order valence-electron chi connectivity index (χ1n) is 5.96. The van der Waals surface area contributed by atoms with Gasteiger partial charge in [-0.1, -0.05) is 30.3 Å². The fourth-order valence-electron chi connectivity index (χ4n) is 1.62. The predicted octanol–water partition coefficient (Wildman–Crippen LogP) is -0.0187. The topological polar surface area (TPSA) is 83.4 Å². The Hall–Kier alpha value is -2.70. The molecule has 1 heterocycles. The Kier molecular flexibility index (Phi) is 4.43. The van der Waals surface area contributed by atoms with Gasteiger partial charge in [-0.05, 0) is 5.56 Å².